The predicted octanol–water partition coefficient (Wildman–Crippen LogP) is 2.97. The van der Waals surface area contributed by atoms with Crippen LogP contribution in [0, 0.1) is 17.8 Å². The van der Waals surface area contributed by atoms with E-state index in [1.54, 1.807) is 19.1 Å². The molecule has 1 aromatic carbocycles. The molecule has 2 aliphatic rings. The predicted molar refractivity (Wildman–Crippen MR) is 88.0 cm³/mol. The number of benzene rings is 1. The van der Waals surface area contributed by atoms with Gasteiger partial charge in [0, 0.05) is 13.0 Å². The van der Waals surface area contributed by atoms with E-state index in [-0.39, 0.29) is 12.5 Å². The molecule has 2 bridgehead atoms. The van der Waals surface area contributed by atoms with Crippen molar-refractivity contribution in [3.63, 3.8) is 0 Å². The third-order valence-corrected chi connectivity index (χ3v) is 5.85. The Balaban J connectivity index is 1.59. The number of nitrogens with one attached hydrogen (secondary N) is 1. The summed E-state index contributed by atoms with van der Waals surface area (Å²) in [5.74, 6) is 1.12. The Hall–Kier alpha value is -1.84. The molecule has 0 heterocycles. The lowest BCUT2D eigenvalue weighted by atomic mass is 9.82. The minimum absolute atomic E-state index is 0.00837. The number of hydrogen-bond acceptors (Lipinski definition) is 2. The quantitative estimate of drug-likeness (QED) is 0.848. The first-order valence-electron chi connectivity index (χ1n) is 8.54. The first-order chi connectivity index (χ1) is 11.0. The highest BCUT2D eigenvalue weighted by Gasteiger charge is 2.41. The fraction of sp³-hybridized carbons (Fsp3) is 0.579. The van der Waals surface area contributed by atoms with Gasteiger partial charge in [0.1, 0.15) is 5.41 Å². The Labute approximate surface area is 137 Å². The lowest BCUT2D eigenvalue weighted by Gasteiger charge is -2.27. The molecule has 2 aliphatic carbocycles. The molecule has 1 aromatic rings. The molecule has 0 aromatic heterocycles. The molecule has 2 fully saturated rings. The Kier molecular flexibility index (Phi) is 4.42. The molecule has 1 amide bonds. The van der Waals surface area contributed by atoms with Crippen LogP contribution >= 0.6 is 0 Å². The van der Waals surface area contributed by atoms with E-state index in [1.165, 1.54) is 25.7 Å². The van der Waals surface area contributed by atoms with Gasteiger partial charge in [0.25, 0.3) is 0 Å². The van der Waals surface area contributed by atoms with Crippen molar-refractivity contribution in [3.8, 4) is 0 Å². The van der Waals surface area contributed by atoms with Gasteiger partial charge < -0.3 is 10.4 Å². The Bertz CT molecular complexity index is 586. The van der Waals surface area contributed by atoms with Gasteiger partial charge >= 0.3 is 5.97 Å². The number of carboxylic acids is 1. The lowest BCUT2D eigenvalue weighted by Crippen LogP contribution is -2.44. The van der Waals surface area contributed by atoms with Crippen molar-refractivity contribution in [1.29, 1.82) is 0 Å². The molecule has 2 N–H and O–H groups in total. The van der Waals surface area contributed by atoms with Gasteiger partial charge in [-0.2, -0.15) is 0 Å². The van der Waals surface area contributed by atoms with Crippen LogP contribution in [0.15, 0.2) is 30.3 Å². The maximum atomic E-state index is 12.3. The number of carbonyl (C=O) groups excluding carboxylic acids is 1. The van der Waals surface area contributed by atoms with Crippen molar-refractivity contribution in [2.45, 2.75) is 44.4 Å². The van der Waals surface area contributed by atoms with Gasteiger partial charge in [-0.3, -0.25) is 9.59 Å². The summed E-state index contributed by atoms with van der Waals surface area (Å²) in [6.07, 6.45) is 5.60. The maximum Gasteiger partial charge on any atom is 0.315 e. The van der Waals surface area contributed by atoms with Crippen molar-refractivity contribution in [2.75, 3.05) is 6.54 Å². The topological polar surface area (TPSA) is 66.4 Å². The Morgan fingerprint density at radius 3 is 2.52 bits per heavy atom. The largest absolute Gasteiger partial charge is 0.481 e. The Morgan fingerprint density at radius 1 is 1.22 bits per heavy atom. The summed E-state index contributed by atoms with van der Waals surface area (Å²) >= 11 is 0. The summed E-state index contributed by atoms with van der Waals surface area (Å²) in [5.41, 5.74) is -0.376. The second-order valence-corrected chi connectivity index (χ2v) is 7.42. The molecule has 4 atom stereocenters. The van der Waals surface area contributed by atoms with Crippen molar-refractivity contribution < 1.29 is 14.7 Å². The van der Waals surface area contributed by atoms with Crippen molar-refractivity contribution in [1.82, 2.24) is 5.32 Å². The van der Waals surface area contributed by atoms with Crippen molar-refractivity contribution in [2.24, 2.45) is 17.8 Å². The minimum Gasteiger partial charge on any atom is -0.481 e. The number of fused-ring (bicyclic) bond motifs is 2. The summed E-state index contributed by atoms with van der Waals surface area (Å²) in [5, 5.41) is 12.5. The number of aliphatic carboxylic acids is 1. The second-order valence-electron chi connectivity index (χ2n) is 7.42. The molecular weight excluding hydrogens is 290 g/mol. The number of rotatable bonds is 6. The minimum atomic E-state index is -1.09. The smallest absolute Gasteiger partial charge is 0.315 e. The highest BCUT2D eigenvalue weighted by Crippen LogP contribution is 2.49. The van der Waals surface area contributed by atoms with Crippen LogP contribution in [0.1, 0.15) is 44.6 Å². The zero-order valence-corrected chi connectivity index (χ0v) is 13.6. The Morgan fingerprint density at radius 2 is 1.96 bits per heavy atom. The normalized spacial score (nSPS) is 28.3. The molecule has 0 radical (unpaired) electrons. The zero-order valence-electron chi connectivity index (χ0n) is 13.6. The fourth-order valence-corrected chi connectivity index (χ4v) is 4.32. The van der Waals surface area contributed by atoms with E-state index in [9.17, 15) is 14.7 Å². The molecule has 4 nitrogen and oxygen atoms in total. The van der Waals surface area contributed by atoms with E-state index >= 15 is 0 Å². The van der Waals surface area contributed by atoms with Gasteiger partial charge in [-0.1, -0.05) is 36.8 Å². The highest BCUT2D eigenvalue weighted by molar-refractivity contribution is 5.83. The molecule has 0 spiro atoms. The molecule has 2 saturated carbocycles. The SMILES string of the molecule is CC(CNC(=O)CC1CC2CCC1C2)(C(=O)O)c1ccccc1. The lowest BCUT2D eigenvalue weighted by molar-refractivity contribution is -0.143. The molecule has 4 heteroatoms. The standard InChI is InChI=1S/C19H25NO3/c1-19(18(22)23,16-5-3-2-4-6-16)12-20-17(21)11-15-10-13-7-8-14(15)9-13/h2-6,13-15H,7-12H2,1H3,(H,20,21)(H,22,23). The van der Waals surface area contributed by atoms with Gasteiger partial charge in [0.05, 0.1) is 0 Å². The molecule has 4 unspecified atom stereocenters. The van der Waals surface area contributed by atoms with Crippen LogP contribution in [0.2, 0.25) is 0 Å². The van der Waals surface area contributed by atoms with Crippen LogP contribution in [-0.4, -0.2) is 23.5 Å². The third-order valence-electron chi connectivity index (χ3n) is 5.85. The number of hydrogen-bond donors (Lipinski definition) is 2. The van der Waals surface area contributed by atoms with E-state index in [0.717, 1.165) is 5.92 Å². The van der Waals surface area contributed by atoms with Crippen molar-refractivity contribution >= 4 is 11.9 Å². The first kappa shape index (κ1) is 16.0. The van der Waals surface area contributed by atoms with Crippen LogP contribution < -0.4 is 5.32 Å². The summed E-state index contributed by atoms with van der Waals surface area (Å²) in [6, 6.07) is 9.12. The molecular formula is C19H25NO3. The monoisotopic (exact) mass is 315 g/mol. The van der Waals surface area contributed by atoms with Gasteiger partial charge in [-0.05, 0) is 49.5 Å². The van der Waals surface area contributed by atoms with E-state index in [1.807, 2.05) is 18.2 Å². The molecule has 124 valence electrons. The average molecular weight is 315 g/mol. The first-order valence-corrected chi connectivity index (χ1v) is 8.54. The molecule has 0 aliphatic heterocycles. The third kappa shape index (κ3) is 3.26. The number of carboxylic acid groups (broad SMARTS) is 1. The van der Waals surface area contributed by atoms with Gasteiger partial charge in [-0.25, -0.2) is 0 Å². The number of amides is 1. The van der Waals surface area contributed by atoms with Crippen molar-refractivity contribution in [3.05, 3.63) is 35.9 Å². The molecule has 23 heavy (non-hydrogen) atoms. The van der Waals surface area contributed by atoms with Gasteiger partial charge in [0.2, 0.25) is 5.91 Å². The maximum absolute atomic E-state index is 12.3. The van der Waals surface area contributed by atoms with E-state index in [0.29, 0.717) is 23.8 Å². The van der Waals surface area contributed by atoms with Crippen LogP contribution in [-0.2, 0) is 15.0 Å². The van der Waals surface area contributed by atoms with Crippen LogP contribution in [0.5, 0.6) is 0 Å². The average Bonchev–Trinajstić information content (AvgIpc) is 3.16. The summed E-state index contributed by atoms with van der Waals surface area (Å²) in [4.78, 5) is 24.0. The van der Waals surface area contributed by atoms with Crippen LogP contribution in [0.4, 0.5) is 0 Å². The van der Waals surface area contributed by atoms with Crippen LogP contribution in [0.25, 0.3) is 0 Å². The summed E-state index contributed by atoms with van der Waals surface area (Å²) < 4.78 is 0. The van der Waals surface area contributed by atoms with Gasteiger partial charge in [0.15, 0.2) is 0 Å². The van der Waals surface area contributed by atoms with Crippen LogP contribution in [0.3, 0.4) is 0 Å². The summed E-state index contributed by atoms with van der Waals surface area (Å²) in [6.45, 7) is 1.80. The summed E-state index contributed by atoms with van der Waals surface area (Å²) in [7, 11) is 0. The second kappa shape index (κ2) is 6.34. The van der Waals surface area contributed by atoms with E-state index in [4.69, 9.17) is 0 Å². The molecule has 3 rings (SSSR count). The zero-order chi connectivity index (χ0) is 16.4. The number of carbonyl (C=O) groups is 2. The highest BCUT2D eigenvalue weighted by atomic mass is 16.4. The van der Waals surface area contributed by atoms with E-state index < -0.39 is 11.4 Å². The van der Waals surface area contributed by atoms with Gasteiger partial charge in [-0.15, -0.1) is 0 Å². The fourth-order valence-electron chi connectivity index (χ4n) is 4.32. The molecule has 0 saturated heterocycles. The van der Waals surface area contributed by atoms with E-state index in [2.05, 4.69) is 5.32 Å².